The Morgan fingerprint density at radius 2 is 1.76 bits per heavy atom. The fraction of sp³-hybridized carbons (Fsp3) is 0.480. The molecule has 1 saturated heterocycles. The molecule has 1 spiro atoms. The fourth-order valence-electron chi connectivity index (χ4n) is 6.16. The first-order valence-corrected chi connectivity index (χ1v) is 13.5. The number of nitrogens with zero attached hydrogens (tertiary/aromatic N) is 2. The van der Waals surface area contributed by atoms with Gasteiger partial charge in [-0.25, -0.2) is 0 Å². The van der Waals surface area contributed by atoms with E-state index in [1.165, 1.54) is 44.4 Å². The lowest BCUT2D eigenvalue weighted by molar-refractivity contribution is -0.286. The molecule has 1 fully saturated rings. The number of rotatable bonds is 3. The third-order valence-corrected chi connectivity index (χ3v) is 13.4. The van der Waals surface area contributed by atoms with Gasteiger partial charge >= 0.3 is 0 Å². The monoisotopic (exact) mass is 425 g/mol. The topological polar surface area (TPSA) is 7.94 Å². The van der Waals surface area contributed by atoms with Crippen LogP contribution in [0.4, 0.5) is 0 Å². The molecule has 0 radical (unpaired) electrons. The average Bonchev–Trinajstić information content (AvgIpc) is 3.16. The maximum atomic E-state index is 2.84. The minimum absolute atomic E-state index is 0.718. The molecule has 0 aliphatic carbocycles. The van der Waals surface area contributed by atoms with Crippen molar-refractivity contribution in [3.05, 3.63) is 61.7 Å². The second-order valence-corrected chi connectivity index (χ2v) is 13.2. The second kappa shape index (κ2) is 6.24. The Balaban J connectivity index is 2.00. The van der Waals surface area contributed by atoms with E-state index < -0.39 is 10.4 Å². The van der Waals surface area contributed by atoms with Crippen LogP contribution in [0.2, 0.25) is 0 Å². The van der Waals surface area contributed by atoms with Gasteiger partial charge in [-0.2, -0.15) is 0 Å². The van der Waals surface area contributed by atoms with Crippen LogP contribution in [0.15, 0.2) is 34.4 Å². The number of aromatic nitrogens is 1. The zero-order valence-corrected chi connectivity index (χ0v) is 20.6. The minimum atomic E-state index is -1.10. The van der Waals surface area contributed by atoms with Crippen LogP contribution in [0.5, 0.6) is 0 Å². The van der Waals surface area contributed by atoms with Crippen LogP contribution >= 0.6 is 21.7 Å². The van der Waals surface area contributed by atoms with E-state index >= 15 is 0 Å². The minimum Gasteiger partial charge on any atom is -0.257 e. The van der Waals surface area contributed by atoms with Crippen molar-refractivity contribution < 1.29 is 3.98 Å². The van der Waals surface area contributed by atoms with Gasteiger partial charge in [-0.3, -0.25) is 3.97 Å². The highest BCUT2D eigenvalue weighted by atomic mass is 32.3. The number of fused-ring (bicyclic) bond motifs is 4. The van der Waals surface area contributed by atoms with Gasteiger partial charge in [0.1, 0.15) is 0 Å². The zero-order valence-electron chi connectivity index (χ0n) is 19.0. The highest BCUT2D eigenvalue weighted by Gasteiger charge is 2.71. The van der Waals surface area contributed by atoms with Gasteiger partial charge in [0.05, 0.1) is 32.2 Å². The molecule has 0 saturated carbocycles. The summed E-state index contributed by atoms with van der Waals surface area (Å²) < 4.78 is 5.68. The van der Waals surface area contributed by atoms with Crippen molar-refractivity contribution >= 4 is 33.0 Å². The summed E-state index contributed by atoms with van der Waals surface area (Å²) in [4.78, 5) is 1.41. The summed E-state index contributed by atoms with van der Waals surface area (Å²) in [6.45, 7) is 19.1. The van der Waals surface area contributed by atoms with Crippen LogP contribution in [-0.4, -0.2) is 24.2 Å². The smallest absolute Gasteiger partial charge is 0.233 e. The molecule has 2 aromatic heterocycles. The molecule has 0 aromatic carbocycles. The second-order valence-electron chi connectivity index (χ2n) is 8.77. The van der Waals surface area contributed by atoms with Crippen molar-refractivity contribution in [1.29, 1.82) is 0 Å². The van der Waals surface area contributed by atoms with Crippen LogP contribution in [0, 0.1) is 13.8 Å². The lowest BCUT2D eigenvalue weighted by Gasteiger charge is -2.32. The first-order valence-electron chi connectivity index (χ1n) is 11.0. The molecule has 29 heavy (non-hydrogen) atoms. The molecule has 1 unspecified atom stereocenters. The number of thiophene rings is 1. The molecule has 5 heterocycles. The molecule has 3 atom stereocenters. The SMILES string of the molecule is CCC1=C(C)C2=C(c3cccs3)c3c(C)c(CC)c(C)n3S3([C@H](C)[C@@H]3C)[N+]2=C1C. The van der Waals surface area contributed by atoms with E-state index in [0.717, 1.165) is 23.3 Å². The fourth-order valence-corrected chi connectivity index (χ4v) is 12.0. The van der Waals surface area contributed by atoms with Crippen molar-refractivity contribution in [1.82, 2.24) is 3.97 Å². The van der Waals surface area contributed by atoms with E-state index in [9.17, 15) is 0 Å². The Morgan fingerprint density at radius 1 is 1.07 bits per heavy atom. The summed E-state index contributed by atoms with van der Waals surface area (Å²) in [5, 5.41) is 3.67. The average molecular weight is 426 g/mol. The molecule has 2 nitrogen and oxygen atoms in total. The van der Waals surface area contributed by atoms with Crippen LogP contribution in [0.25, 0.3) is 5.57 Å². The number of allylic oxidation sites excluding steroid dienone is 2. The molecule has 0 bridgehead atoms. The van der Waals surface area contributed by atoms with Crippen LogP contribution in [0.1, 0.15) is 75.4 Å². The standard InChI is InChI=1S/C25H33N2S2/c1-9-20-14(3)24-23(22-12-11-13-28-22)25-15(4)21(10-2)17(6)27(25)29(18(7)19(29)8)26(24)16(20)5/h11-13,18-19H,9-10H2,1-8H3/q+1/t18-,19+. The van der Waals surface area contributed by atoms with Gasteiger partial charge in [0.15, 0.2) is 5.71 Å². The summed E-state index contributed by atoms with van der Waals surface area (Å²) in [7, 11) is -1.10. The predicted octanol–water partition coefficient (Wildman–Crippen LogP) is 6.99. The lowest BCUT2D eigenvalue weighted by Crippen LogP contribution is -2.27. The molecule has 2 aromatic rings. The van der Waals surface area contributed by atoms with Gasteiger partial charge in [-0.15, -0.1) is 15.3 Å². The largest absolute Gasteiger partial charge is 0.257 e. The van der Waals surface area contributed by atoms with Gasteiger partial charge in [-0.1, -0.05) is 19.9 Å². The highest BCUT2D eigenvalue weighted by Crippen LogP contribution is 2.80. The first-order chi connectivity index (χ1) is 13.8. The molecule has 0 amide bonds. The molecule has 5 rings (SSSR count). The lowest BCUT2D eigenvalue weighted by atomic mass is 9.97. The molecular formula is C25H33N2S2+. The molecule has 4 heteroatoms. The normalized spacial score (nSPS) is 30.2. The quantitative estimate of drug-likeness (QED) is 0.370. The van der Waals surface area contributed by atoms with E-state index in [4.69, 9.17) is 0 Å². The Morgan fingerprint density at radius 3 is 2.28 bits per heavy atom. The third kappa shape index (κ3) is 2.07. The first kappa shape index (κ1) is 19.4. The van der Waals surface area contributed by atoms with Crippen molar-refractivity contribution in [2.24, 2.45) is 0 Å². The van der Waals surface area contributed by atoms with Crippen LogP contribution in [0.3, 0.4) is 0 Å². The maximum Gasteiger partial charge on any atom is 0.233 e. The zero-order chi connectivity index (χ0) is 20.8. The van der Waals surface area contributed by atoms with E-state index in [2.05, 4.69) is 80.9 Å². The number of hydrogen-bond acceptors (Lipinski definition) is 1. The summed E-state index contributed by atoms with van der Waals surface area (Å²) in [6, 6.07) is 4.53. The van der Waals surface area contributed by atoms with Gasteiger partial charge < -0.3 is 0 Å². The van der Waals surface area contributed by atoms with E-state index in [0.29, 0.717) is 0 Å². The summed E-state index contributed by atoms with van der Waals surface area (Å²) in [6.07, 6.45) is 2.22. The molecule has 0 N–H and O–H groups in total. The molecule has 3 aliphatic heterocycles. The van der Waals surface area contributed by atoms with Crippen LogP contribution < -0.4 is 0 Å². The molecular weight excluding hydrogens is 392 g/mol. The van der Waals surface area contributed by atoms with Crippen molar-refractivity contribution in [2.75, 3.05) is 0 Å². The summed E-state index contributed by atoms with van der Waals surface area (Å²) >= 11 is 1.89. The van der Waals surface area contributed by atoms with Crippen molar-refractivity contribution in [3.63, 3.8) is 0 Å². The molecule has 154 valence electrons. The molecule has 3 aliphatic rings. The maximum absolute atomic E-state index is 2.84. The van der Waals surface area contributed by atoms with Crippen molar-refractivity contribution in [2.45, 2.75) is 78.7 Å². The van der Waals surface area contributed by atoms with Crippen molar-refractivity contribution in [3.8, 4) is 0 Å². The predicted molar refractivity (Wildman–Crippen MR) is 129 cm³/mol. The third-order valence-electron chi connectivity index (χ3n) is 7.72. The van der Waals surface area contributed by atoms with E-state index in [1.54, 1.807) is 11.1 Å². The van der Waals surface area contributed by atoms with E-state index in [1.807, 2.05) is 11.3 Å². The highest BCUT2D eigenvalue weighted by molar-refractivity contribution is 8.34. The Hall–Kier alpha value is -1.52. The van der Waals surface area contributed by atoms with Crippen LogP contribution in [-0.2, 0) is 6.42 Å². The van der Waals surface area contributed by atoms with Gasteiger partial charge in [-0.05, 0) is 70.0 Å². The van der Waals surface area contributed by atoms with Gasteiger partial charge in [0.2, 0.25) is 5.70 Å². The number of hydrogen-bond donors (Lipinski definition) is 0. The van der Waals surface area contributed by atoms with Gasteiger partial charge in [0.25, 0.3) is 0 Å². The van der Waals surface area contributed by atoms with E-state index in [-0.39, 0.29) is 0 Å². The Labute approximate surface area is 181 Å². The summed E-state index contributed by atoms with van der Waals surface area (Å²) in [5.74, 6) is 0. The summed E-state index contributed by atoms with van der Waals surface area (Å²) in [5.41, 5.74) is 13.7. The Kier molecular flexibility index (Phi) is 4.19. The Bertz CT molecular complexity index is 1130. The van der Waals surface area contributed by atoms with Gasteiger partial charge in [0, 0.05) is 28.6 Å².